The summed E-state index contributed by atoms with van der Waals surface area (Å²) in [4.78, 5) is 22.2. The maximum atomic E-state index is 12.5. The first-order chi connectivity index (χ1) is 10.5. The van der Waals surface area contributed by atoms with Crippen LogP contribution in [0.15, 0.2) is 54.9 Å². The normalized spacial score (nSPS) is 10.6. The summed E-state index contributed by atoms with van der Waals surface area (Å²) in [5.41, 5.74) is 1.17. The molecular formula is C15H10Cl2N2O3. The Morgan fingerprint density at radius 3 is 2.36 bits per heavy atom. The standard InChI is InChI=1S/C15H10Cl2N2O3/c16-11-3-1-10(2-4-11)15(20)13-9-12(17)5-6-14(13)18-7-8-19(21)22/h1-9,18H. The van der Waals surface area contributed by atoms with Crippen molar-refractivity contribution < 1.29 is 9.72 Å². The Bertz CT molecular complexity index is 743. The lowest BCUT2D eigenvalue weighted by Crippen LogP contribution is -2.05. The van der Waals surface area contributed by atoms with Crippen LogP contribution >= 0.6 is 23.2 Å². The van der Waals surface area contributed by atoms with Gasteiger partial charge in [0, 0.05) is 26.9 Å². The smallest absolute Gasteiger partial charge is 0.250 e. The number of carbonyl (C=O) groups excluding carboxylic acids is 1. The third-order valence-electron chi connectivity index (χ3n) is 2.77. The van der Waals surface area contributed by atoms with Gasteiger partial charge < -0.3 is 5.32 Å². The molecule has 1 N–H and O–H groups in total. The topological polar surface area (TPSA) is 72.2 Å². The quantitative estimate of drug-likeness (QED) is 0.499. The van der Waals surface area contributed by atoms with Crippen LogP contribution < -0.4 is 5.32 Å². The molecule has 0 saturated carbocycles. The van der Waals surface area contributed by atoms with E-state index in [1.54, 1.807) is 36.4 Å². The Morgan fingerprint density at radius 2 is 1.73 bits per heavy atom. The molecule has 0 aliphatic rings. The van der Waals surface area contributed by atoms with Gasteiger partial charge in [0.2, 0.25) is 6.20 Å². The molecule has 0 spiro atoms. The van der Waals surface area contributed by atoms with E-state index in [1.165, 1.54) is 6.07 Å². The molecular weight excluding hydrogens is 327 g/mol. The molecule has 0 aromatic heterocycles. The zero-order valence-electron chi connectivity index (χ0n) is 11.1. The van der Waals surface area contributed by atoms with Gasteiger partial charge in [-0.2, -0.15) is 0 Å². The molecule has 0 radical (unpaired) electrons. The van der Waals surface area contributed by atoms with E-state index >= 15 is 0 Å². The number of nitrogens with one attached hydrogen (secondary N) is 1. The Morgan fingerprint density at radius 1 is 1.09 bits per heavy atom. The van der Waals surface area contributed by atoms with Gasteiger partial charge in [-0.15, -0.1) is 0 Å². The second kappa shape index (κ2) is 7.06. The highest BCUT2D eigenvalue weighted by Crippen LogP contribution is 2.24. The number of benzene rings is 2. The lowest BCUT2D eigenvalue weighted by atomic mass is 10.0. The molecule has 0 amide bonds. The van der Waals surface area contributed by atoms with E-state index in [0.29, 0.717) is 26.9 Å². The number of rotatable bonds is 5. The molecule has 2 aromatic carbocycles. The van der Waals surface area contributed by atoms with Crippen LogP contribution in [0.3, 0.4) is 0 Å². The molecule has 0 aliphatic carbocycles. The van der Waals surface area contributed by atoms with Gasteiger partial charge in [-0.25, -0.2) is 0 Å². The molecule has 0 fully saturated rings. The van der Waals surface area contributed by atoms with Gasteiger partial charge in [-0.3, -0.25) is 14.9 Å². The molecule has 0 atom stereocenters. The van der Waals surface area contributed by atoms with Gasteiger partial charge >= 0.3 is 0 Å². The van der Waals surface area contributed by atoms with Gasteiger partial charge in [0.15, 0.2) is 5.78 Å². The van der Waals surface area contributed by atoms with E-state index in [-0.39, 0.29) is 5.78 Å². The summed E-state index contributed by atoms with van der Waals surface area (Å²) in [5, 5.41) is 13.9. The number of halogens is 2. The second-order valence-electron chi connectivity index (χ2n) is 4.27. The lowest BCUT2D eigenvalue weighted by molar-refractivity contribution is -0.402. The highest BCUT2D eigenvalue weighted by atomic mass is 35.5. The van der Waals surface area contributed by atoms with E-state index in [0.717, 1.165) is 12.4 Å². The monoisotopic (exact) mass is 336 g/mol. The fourth-order valence-corrected chi connectivity index (χ4v) is 2.07. The summed E-state index contributed by atoms with van der Waals surface area (Å²) in [6.45, 7) is 0. The summed E-state index contributed by atoms with van der Waals surface area (Å²) in [6, 6.07) is 11.1. The summed E-state index contributed by atoms with van der Waals surface area (Å²) in [7, 11) is 0. The van der Waals surface area contributed by atoms with Crippen molar-refractivity contribution >= 4 is 34.7 Å². The van der Waals surface area contributed by atoms with Crippen LogP contribution in [0.5, 0.6) is 0 Å². The van der Waals surface area contributed by atoms with Gasteiger partial charge in [-0.05, 0) is 42.5 Å². The van der Waals surface area contributed by atoms with Crippen molar-refractivity contribution in [2.75, 3.05) is 5.32 Å². The Hall–Kier alpha value is -2.37. The van der Waals surface area contributed by atoms with Crippen LogP contribution in [0.4, 0.5) is 5.69 Å². The van der Waals surface area contributed by atoms with Crippen molar-refractivity contribution in [2.45, 2.75) is 0 Å². The predicted molar refractivity (Wildman–Crippen MR) is 86.1 cm³/mol. The van der Waals surface area contributed by atoms with Crippen molar-refractivity contribution in [1.29, 1.82) is 0 Å². The first-order valence-corrected chi connectivity index (χ1v) is 6.89. The molecule has 0 aliphatic heterocycles. The van der Waals surface area contributed by atoms with E-state index in [4.69, 9.17) is 23.2 Å². The highest BCUT2D eigenvalue weighted by molar-refractivity contribution is 6.31. The van der Waals surface area contributed by atoms with Crippen molar-refractivity contribution in [2.24, 2.45) is 0 Å². The molecule has 5 nitrogen and oxygen atoms in total. The van der Waals surface area contributed by atoms with Crippen LogP contribution in [0.1, 0.15) is 15.9 Å². The van der Waals surface area contributed by atoms with Gasteiger partial charge in [0.25, 0.3) is 0 Å². The number of nitrogens with zero attached hydrogens (tertiary/aromatic N) is 1. The molecule has 112 valence electrons. The summed E-state index contributed by atoms with van der Waals surface area (Å²) < 4.78 is 0. The SMILES string of the molecule is O=C(c1ccc(Cl)cc1)c1cc(Cl)ccc1NC=C[N+](=O)[O-]. The number of hydrogen-bond acceptors (Lipinski definition) is 4. The van der Waals surface area contributed by atoms with Crippen LogP contribution in [-0.4, -0.2) is 10.7 Å². The summed E-state index contributed by atoms with van der Waals surface area (Å²) >= 11 is 11.7. The second-order valence-corrected chi connectivity index (χ2v) is 5.14. The van der Waals surface area contributed by atoms with E-state index in [2.05, 4.69) is 5.32 Å². The molecule has 0 unspecified atom stereocenters. The first kappa shape index (κ1) is 16.0. The Balaban J connectivity index is 2.35. The molecule has 7 heteroatoms. The molecule has 2 rings (SSSR count). The maximum absolute atomic E-state index is 12.5. The van der Waals surface area contributed by atoms with Crippen LogP contribution in [0.2, 0.25) is 10.0 Å². The van der Waals surface area contributed by atoms with Gasteiger partial charge in [0.05, 0.1) is 11.1 Å². The van der Waals surface area contributed by atoms with Gasteiger partial charge in [0.1, 0.15) is 0 Å². The zero-order valence-corrected chi connectivity index (χ0v) is 12.6. The van der Waals surface area contributed by atoms with Crippen LogP contribution in [0, 0.1) is 10.1 Å². The third-order valence-corrected chi connectivity index (χ3v) is 3.25. The third kappa shape index (κ3) is 4.07. The molecule has 2 aromatic rings. The lowest BCUT2D eigenvalue weighted by Gasteiger charge is -2.09. The number of ketones is 1. The minimum Gasteiger partial charge on any atom is -0.356 e. The average Bonchev–Trinajstić information content (AvgIpc) is 2.48. The Kier molecular flexibility index (Phi) is 5.14. The fraction of sp³-hybridized carbons (Fsp3) is 0. The van der Waals surface area contributed by atoms with Crippen molar-refractivity contribution in [3.05, 3.63) is 86.2 Å². The minimum atomic E-state index is -0.608. The maximum Gasteiger partial charge on any atom is 0.250 e. The molecule has 0 heterocycles. The largest absolute Gasteiger partial charge is 0.356 e. The zero-order chi connectivity index (χ0) is 16.1. The average molecular weight is 337 g/mol. The van der Waals surface area contributed by atoms with E-state index < -0.39 is 4.92 Å². The molecule has 0 bridgehead atoms. The number of anilines is 1. The van der Waals surface area contributed by atoms with Gasteiger partial charge in [-0.1, -0.05) is 23.2 Å². The summed E-state index contributed by atoms with van der Waals surface area (Å²) in [6.07, 6.45) is 1.88. The van der Waals surface area contributed by atoms with Crippen molar-refractivity contribution in [3.63, 3.8) is 0 Å². The van der Waals surface area contributed by atoms with E-state index in [9.17, 15) is 14.9 Å². The van der Waals surface area contributed by atoms with Crippen molar-refractivity contribution in [1.82, 2.24) is 0 Å². The Labute approximate surface area is 136 Å². The van der Waals surface area contributed by atoms with Crippen molar-refractivity contribution in [3.8, 4) is 0 Å². The minimum absolute atomic E-state index is 0.267. The van der Waals surface area contributed by atoms with E-state index in [1.807, 2.05) is 0 Å². The first-order valence-electron chi connectivity index (χ1n) is 6.14. The predicted octanol–water partition coefficient (Wildman–Crippen LogP) is 4.38. The number of nitro groups is 1. The number of carbonyl (C=O) groups is 1. The molecule has 22 heavy (non-hydrogen) atoms. The summed E-state index contributed by atoms with van der Waals surface area (Å²) in [5.74, 6) is -0.267. The molecule has 0 saturated heterocycles. The van der Waals surface area contributed by atoms with Crippen LogP contribution in [0.25, 0.3) is 0 Å². The highest BCUT2D eigenvalue weighted by Gasteiger charge is 2.14. The fourth-order valence-electron chi connectivity index (χ4n) is 1.77. The van der Waals surface area contributed by atoms with Crippen LogP contribution in [-0.2, 0) is 0 Å². The number of hydrogen-bond donors (Lipinski definition) is 1.